The Kier molecular flexibility index (Phi) is 8.85. The summed E-state index contributed by atoms with van der Waals surface area (Å²) in [4.78, 5) is 17.9. The van der Waals surface area contributed by atoms with E-state index < -0.39 is 18.0 Å². The van der Waals surface area contributed by atoms with Crippen molar-refractivity contribution in [3.8, 4) is 17.1 Å². The molecule has 13 heteroatoms. The zero-order valence-corrected chi connectivity index (χ0v) is 23.1. The quantitative estimate of drug-likeness (QED) is 0.247. The fourth-order valence-electron chi connectivity index (χ4n) is 5.23. The van der Waals surface area contributed by atoms with Crippen LogP contribution in [0.2, 0.25) is 0 Å². The minimum absolute atomic E-state index is 0.0236. The van der Waals surface area contributed by atoms with Crippen LogP contribution in [0.1, 0.15) is 44.4 Å². The van der Waals surface area contributed by atoms with Crippen molar-refractivity contribution in [2.75, 3.05) is 19.6 Å². The first-order chi connectivity index (χ1) is 19.7. The topological polar surface area (TPSA) is 117 Å². The first-order valence-electron chi connectivity index (χ1n) is 13.9. The van der Waals surface area contributed by atoms with Crippen molar-refractivity contribution >= 4 is 11.0 Å². The lowest BCUT2D eigenvalue weighted by Crippen LogP contribution is -2.45. The number of halogens is 3. The maximum atomic E-state index is 13.5. The monoisotopic (exact) mass is 572 g/mol. The van der Waals surface area contributed by atoms with Gasteiger partial charge in [0.25, 0.3) is 0 Å². The molecule has 1 aliphatic heterocycles. The smallest absolute Gasteiger partial charge is 0.433 e. The highest BCUT2D eigenvalue weighted by Crippen LogP contribution is 2.31. The number of aromatic nitrogens is 6. The molecule has 0 saturated carbocycles. The molecule has 5 rings (SSSR count). The second-order valence-electron chi connectivity index (χ2n) is 10.5. The zero-order chi connectivity index (χ0) is 29.0. The number of piperidine rings is 1. The van der Waals surface area contributed by atoms with E-state index in [0.717, 1.165) is 47.9 Å². The van der Waals surface area contributed by atoms with Gasteiger partial charge in [0.15, 0.2) is 0 Å². The summed E-state index contributed by atoms with van der Waals surface area (Å²) in [5.41, 5.74) is 1.96. The SMILES string of the molecule is CC[C@@H](Cn1cc(-c2ncnc3[nH]ccc23)cn1)N1CCC(Oc2cc(CNC[C@H](C)O)cc(C(F)(F)F)n2)CC1. The molecule has 0 radical (unpaired) electrons. The normalized spacial score (nSPS) is 16.7. The van der Waals surface area contributed by atoms with Crippen LogP contribution >= 0.6 is 0 Å². The van der Waals surface area contributed by atoms with Crippen LogP contribution < -0.4 is 10.1 Å². The average molecular weight is 573 g/mol. The third-order valence-electron chi connectivity index (χ3n) is 7.33. The molecule has 0 aliphatic carbocycles. The number of aliphatic hydroxyl groups excluding tert-OH is 1. The Morgan fingerprint density at radius 1 is 1.22 bits per heavy atom. The van der Waals surface area contributed by atoms with Crippen LogP contribution in [-0.2, 0) is 19.3 Å². The molecule has 41 heavy (non-hydrogen) atoms. The number of aromatic amines is 1. The number of hydrogen-bond donors (Lipinski definition) is 3. The van der Waals surface area contributed by atoms with Crippen LogP contribution in [-0.4, -0.2) is 77.6 Å². The summed E-state index contributed by atoms with van der Waals surface area (Å²) in [5, 5.41) is 17.9. The van der Waals surface area contributed by atoms with E-state index in [4.69, 9.17) is 4.74 Å². The summed E-state index contributed by atoms with van der Waals surface area (Å²) in [7, 11) is 0. The molecule has 0 aromatic carbocycles. The molecule has 1 saturated heterocycles. The third kappa shape index (κ3) is 7.21. The van der Waals surface area contributed by atoms with Gasteiger partial charge in [-0.05, 0) is 43.9 Å². The van der Waals surface area contributed by atoms with E-state index in [1.165, 1.54) is 6.33 Å². The second kappa shape index (κ2) is 12.5. The number of ether oxygens (including phenoxy) is 1. The van der Waals surface area contributed by atoms with Crippen LogP contribution in [0.3, 0.4) is 0 Å². The minimum atomic E-state index is -4.58. The molecule has 220 valence electrons. The number of aliphatic hydroxyl groups is 1. The maximum absolute atomic E-state index is 13.5. The molecule has 3 N–H and O–H groups in total. The molecule has 2 atom stereocenters. The van der Waals surface area contributed by atoms with Gasteiger partial charge < -0.3 is 20.1 Å². The molecule has 4 aromatic heterocycles. The number of likely N-dealkylation sites (tertiary alicyclic amines) is 1. The Balaban J connectivity index is 1.19. The van der Waals surface area contributed by atoms with E-state index in [2.05, 4.69) is 42.2 Å². The maximum Gasteiger partial charge on any atom is 0.433 e. The van der Waals surface area contributed by atoms with Crippen LogP contribution in [0.15, 0.2) is 43.1 Å². The van der Waals surface area contributed by atoms with E-state index >= 15 is 0 Å². The number of fused-ring (bicyclic) bond motifs is 1. The molecule has 0 spiro atoms. The van der Waals surface area contributed by atoms with Crippen LogP contribution in [0, 0.1) is 0 Å². The molecular formula is C28H35F3N8O2. The molecule has 1 fully saturated rings. The highest BCUT2D eigenvalue weighted by molar-refractivity contribution is 5.89. The number of H-pyrrole nitrogens is 1. The second-order valence-corrected chi connectivity index (χ2v) is 10.5. The number of pyridine rings is 1. The molecule has 4 aromatic rings. The largest absolute Gasteiger partial charge is 0.474 e. The Morgan fingerprint density at radius 3 is 2.76 bits per heavy atom. The van der Waals surface area contributed by atoms with Crippen molar-refractivity contribution in [3.05, 3.63) is 54.4 Å². The Bertz CT molecular complexity index is 1430. The molecule has 0 unspecified atom stereocenters. The summed E-state index contributed by atoms with van der Waals surface area (Å²) in [6.07, 6.45) is 4.08. The van der Waals surface area contributed by atoms with Crippen molar-refractivity contribution in [2.45, 2.75) is 70.6 Å². The Morgan fingerprint density at radius 2 is 2.02 bits per heavy atom. The third-order valence-corrected chi connectivity index (χ3v) is 7.33. The van der Waals surface area contributed by atoms with Gasteiger partial charge in [-0.2, -0.15) is 18.3 Å². The Hall–Kier alpha value is -3.55. The number of nitrogens with zero attached hydrogens (tertiary/aromatic N) is 6. The number of rotatable bonds is 11. The minimum Gasteiger partial charge on any atom is -0.474 e. The summed E-state index contributed by atoms with van der Waals surface area (Å²) in [6.45, 7) is 6.42. The average Bonchev–Trinajstić information content (AvgIpc) is 3.61. The van der Waals surface area contributed by atoms with Gasteiger partial charge in [0.05, 0.1) is 24.5 Å². The predicted octanol–water partition coefficient (Wildman–Crippen LogP) is 4.03. The summed E-state index contributed by atoms with van der Waals surface area (Å²) >= 11 is 0. The van der Waals surface area contributed by atoms with Crippen LogP contribution in [0.5, 0.6) is 5.88 Å². The van der Waals surface area contributed by atoms with E-state index in [1.54, 1.807) is 13.0 Å². The molecule has 10 nitrogen and oxygen atoms in total. The van der Waals surface area contributed by atoms with Gasteiger partial charge in [-0.25, -0.2) is 15.0 Å². The van der Waals surface area contributed by atoms with Crippen molar-refractivity contribution in [1.82, 2.24) is 39.9 Å². The lowest BCUT2D eigenvalue weighted by atomic mass is 10.0. The first-order valence-corrected chi connectivity index (χ1v) is 13.9. The first kappa shape index (κ1) is 29.0. The van der Waals surface area contributed by atoms with Crippen molar-refractivity contribution < 1.29 is 23.0 Å². The number of hydrogen-bond acceptors (Lipinski definition) is 8. The summed E-state index contributed by atoms with van der Waals surface area (Å²) < 4.78 is 48.4. The molecular weight excluding hydrogens is 537 g/mol. The number of nitrogens with one attached hydrogen (secondary N) is 2. The Labute approximate surface area is 236 Å². The number of alkyl halides is 3. The van der Waals surface area contributed by atoms with E-state index in [1.807, 2.05) is 29.3 Å². The van der Waals surface area contributed by atoms with E-state index in [-0.39, 0.29) is 31.1 Å². The van der Waals surface area contributed by atoms with Crippen LogP contribution in [0.25, 0.3) is 22.3 Å². The van der Waals surface area contributed by atoms with Crippen molar-refractivity contribution in [3.63, 3.8) is 0 Å². The van der Waals surface area contributed by atoms with Gasteiger partial charge in [0.1, 0.15) is 23.8 Å². The van der Waals surface area contributed by atoms with E-state index in [9.17, 15) is 18.3 Å². The van der Waals surface area contributed by atoms with Gasteiger partial charge >= 0.3 is 6.18 Å². The standard InChI is InChI=1S/C28H35F3N8O2/c1-3-21(16-39-15-20(14-36-39)26-23-4-7-33-27(23)35-17-34-26)38-8-5-22(6-9-38)41-25-11-19(13-32-12-18(2)40)10-24(37-25)28(29,30)31/h4,7,10-11,14-15,17-18,21-22,32,40H,3,5-6,8-9,12-13,16H2,1-2H3,(H,33,34,35)/t18-,21-/m0/s1. The summed E-state index contributed by atoms with van der Waals surface area (Å²) in [5.74, 6) is -0.0236. The van der Waals surface area contributed by atoms with Gasteiger partial charge in [0.2, 0.25) is 5.88 Å². The fraction of sp³-hybridized carbons (Fsp3) is 0.500. The predicted molar refractivity (Wildman–Crippen MR) is 147 cm³/mol. The highest BCUT2D eigenvalue weighted by Gasteiger charge is 2.34. The van der Waals surface area contributed by atoms with Gasteiger partial charge in [-0.15, -0.1) is 0 Å². The molecule has 5 heterocycles. The van der Waals surface area contributed by atoms with E-state index in [0.29, 0.717) is 24.9 Å². The molecule has 1 aliphatic rings. The summed E-state index contributed by atoms with van der Waals surface area (Å²) in [6, 6.07) is 4.76. The van der Waals surface area contributed by atoms with Crippen molar-refractivity contribution in [2.24, 2.45) is 0 Å². The fourth-order valence-corrected chi connectivity index (χ4v) is 5.23. The van der Waals surface area contributed by atoms with Crippen LogP contribution in [0.4, 0.5) is 13.2 Å². The zero-order valence-electron chi connectivity index (χ0n) is 23.1. The van der Waals surface area contributed by atoms with Gasteiger partial charge in [-0.3, -0.25) is 9.58 Å². The lowest BCUT2D eigenvalue weighted by Gasteiger charge is -2.37. The van der Waals surface area contributed by atoms with Gasteiger partial charge in [-0.1, -0.05) is 6.92 Å². The molecule has 0 bridgehead atoms. The lowest BCUT2D eigenvalue weighted by molar-refractivity contribution is -0.141. The molecule has 0 amide bonds. The van der Waals surface area contributed by atoms with Gasteiger partial charge in [0, 0.05) is 61.6 Å². The van der Waals surface area contributed by atoms with Crippen molar-refractivity contribution in [1.29, 1.82) is 0 Å². The highest BCUT2D eigenvalue weighted by atomic mass is 19.4.